The number of aliphatic imine (C=N–C) groups is 1. The molecule has 2 heterocycles. The molecule has 1 unspecified atom stereocenters. The smallest absolute Gasteiger partial charge is 0.417 e. The Morgan fingerprint density at radius 2 is 2.13 bits per heavy atom. The van der Waals surface area contributed by atoms with E-state index < -0.39 is 36.4 Å². The summed E-state index contributed by atoms with van der Waals surface area (Å²) in [5.74, 6) is -1.60. The summed E-state index contributed by atoms with van der Waals surface area (Å²) in [6.45, 7) is 0.375. The summed E-state index contributed by atoms with van der Waals surface area (Å²) in [4.78, 5) is 18.4. The van der Waals surface area contributed by atoms with E-state index in [1.54, 1.807) is 6.92 Å². The van der Waals surface area contributed by atoms with Crippen LogP contribution in [0, 0.1) is 11.2 Å². The van der Waals surface area contributed by atoms with Crippen LogP contribution in [-0.2, 0) is 0 Å². The van der Waals surface area contributed by atoms with Crippen LogP contribution in [0.5, 0.6) is 5.75 Å². The molecular weight excluding hydrogens is 444 g/mol. The first-order valence-electron chi connectivity index (χ1n) is 8.92. The summed E-state index contributed by atoms with van der Waals surface area (Å²) in [5.41, 5.74) is 0.869. The number of aliphatic hydroxyl groups excluding tert-OH is 1. The third-order valence-corrected chi connectivity index (χ3v) is 4.93. The molecule has 0 aromatic heterocycles. The zero-order valence-corrected chi connectivity index (χ0v) is 16.8. The molecule has 3 N–H and O–H groups in total. The predicted molar refractivity (Wildman–Crippen MR) is 105 cm³/mol. The molecule has 31 heavy (non-hydrogen) atoms. The lowest BCUT2D eigenvalue weighted by atomic mass is 10.1. The number of halogens is 5. The van der Waals surface area contributed by atoms with Crippen LogP contribution < -0.4 is 10.1 Å². The van der Waals surface area contributed by atoms with E-state index in [1.807, 2.05) is 0 Å². The van der Waals surface area contributed by atoms with Gasteiger partial charge >= 0.3 is 6.18 Å². The van der Waals surface area contributed by atoms with Crippen LogP contribution in [-0.4, -0.2) is 59.3 Å². The second kappa shape index (κ2) is 8.67. The minimum atomic E-state index is -4.92. The number of alkyl halides is 3. The van der Waals surface area contributed by atoms with Gasteiger partial charge in [-0.05, 0) is 19.1 Å². The fourth-order valence-electron chi connectivity index (χ4n) is 2.86. The molecule has 0 saturated carbocycles. The van der Waals surface area contributed by atoms with E-state index in [0.717, 1.165) is 18.2 Å². The summed E-state index contributed by atoms with van der Waals surface area (Å²) >= 11 is 5.94. The lowest BCUT2D eigenvalue weighted by Gasteiger charge is -2.19. The molecular formula is C19H17ClF4N4O3. The van der Waals surface area contributed by atoms with E-state index in [0.29, 0.717) is 22.1 Å². The summed E-state index contributed by atoms with van der Waals surface area (Å²) < 4.78 is 56.1. The van der Waals surface area contributed by atoms with Gasteiger partial charge < -0.3 is 25.5 Å². The highest BCUT2D eigenvalue weighted by Crippen LogP contribution is 2.27. The molecule has 166 valence electrons. The molecule has 0 aliphatic carbocycles. The van der Waals surface area contributed by atoms with Gasteiger partial charge in [0.05, 0.1) is 35.1 Å². The summed E-state index contributed by atoms with van der Waals surface area (Å²) in [7, 11) is 0. The first kappa shape index (κ1) is 22.8. The maximum absolute atomic E-state index is 13.6. The molecule has 3 rings (SSSR count). The number of allylic oxidation sites excluding steroid dienone is 1. The number of aliphatic hydroxyl groups is 1. The Bertz CT molecular complexity index is 1020. The molecule has 0 bridgehead atoms. The van der Waals surface area contributed by atoms with Crippen molar-refractivity contribution in [2.24, 2.45) is 4.99 Å². The first-order chi connectivity index (χ1) is 14.5. The van der Waals surface area contributed by atoms with E-state index in [-0.39, 0.29) is 24.4 Å². The number of carbonyl (C=O) groups is 1. The Morgan fingerprint density at radius 1 is 1.42 bits per heavy atom. The Morgan fingerprint density at radius 3 is 2.77 bits per heavy atom. The number of hydrogen-bond donors (Lipinski definition) is 3. The highest BCUT2D eigenvalue weighted by molar-refractivity contribution is 6.43. The third kappa shape index (κ3) is 5.05. The number of nitrogens with zero attached hydrogens (tertiary/aromatic N) is 2. The van der Waals surface area contributed by atoms with Crippen LogP contribution in [0.25, 0.3) is 0 Å². The van der Waals surface area contributed by atoms with Gasteiger partial charge in [0.2, 0.25) is 0 Å². The van der Waals surface area contributed by atoms with Crippen LogP contribution in [0.2, 0.25) is 0 Å². The van der Waals surface area contributed by atoms with Crippen molar-refractivity contribution in [3.8, 4) is 5.75 Å². The average Bonchev–Trinajstić information content (AvgIpc) is 3.08. The molecule has 7 nitrogen and oxygen atoms in total. The van der Waals surface area contributed by atoms with Crippen LogP contribution in [0.4, 0.5) is 17.6 Å². The van der Waals surface area contributed by atoms with Crippen molar-refractivity contribution in [3.63, 3.8) is 0 Å². The highest BCUT2D eigenvalue weighted by atomic mass is 35.5. The number of likely N-dealkylation sites (tertiary alicyclic amines) is 1. The molecule has 1 aromatic carbocycles. The maximum atomic E-state index is 13.6. The predicted octanol–water partition coefficient (Wildman–Crippen LogP) is 2.96. The standard InChI is InChI=1S/C19H17ClF4N4O3/c1-9-13(20)5-26-17(27-9)12-6-28(7-14(12)25)18(30)11-3-2-10(21)4-15(11)31-8-16(29)19(22,23)24/h2-5,16,25-26,29H,6-8H2,1H3/b17-12+,25-14?. The van der Waals surface area contributed by atoms with E-state index in [4.69, 9.17) is 26.9 Å². The van der Waals surface area contributed by atoms with Crippen molar-refractivity contribution in [3.05, 3.63) is 52.2 Å². The number of benzene rings is 1. The summed E-state index contributed by atoms with van der Waals surface area (Å²) in [5, 5.41) is 20.5. The summed E-state index contributed by atoms with van der Waals surface area (Å²) in [6.07, 6.45) is -6.22. The minimum Gasteiger partial charge on any atom is -0.490 e. The number of rotatable bonds is 4. The second-order valence-electron chi connectivity index (χ2n) is 6.81. The lowest BCUT2D eigenvalue weighted by Crippen LogP contribution is -2.34. The normalized spacial score (nSPS) is 20.2. The Labute approximate surface area is 179 Å². The average molecular weight is 461 g/mol. The van der Waals surface area contributed by atoms with Crippen molar-refractivity contribution in [1.82, 2.24) is 10.2 Å². The van der Waals surface area contributed by atoms with Crippen molar-refractivity contribution >= 4 is 28.9 Å². The fourth-order valence-corrected chi connectivity index (χ4v) is 2.96. The van der Waals surface area contributed by atoms with Gasteiger partial charge in [0.1, 0.15) is 24.0 Å². The molecule has 0 radical (unpaired) electrons. The zero-order valence-electron chi connectivity index (χ0n) is 16.1. The molecule has 1 fully saturated rings. The van der Waals surface area contributed by atoms with Crippen molar-refractivity contribution in [1.29, 1.82) is 5.41 Å². The van der Waals surface area contributed by atoms with Gasteiger partial charge in [0.15, 0.2) is 6.10 Å². The molecule has 1 amide bonds. The number of ether oxygens (including phenoxy) is 1. The number of hydrogen-bond acceptors (Lipinski definition) is 6. The second-order valence-corrected chi connectivity index (χ2v) is 7.22. The minimum absolute atomic E-state index is 0.00969. The Kier molecular flexibility index (Phi) is 6.37. The van der Waals surface area contributed by atoms with Gasteiger partial charge in [-0.2, -0.15) is 13.2 Å². The zero-order chi connectivity index (χ0) is 22.9. The topological polar surface area (TPSA) is 98.0 Å². The largest absolute Gasteiger partial charge is 0.490 e. The van der Waals surface area contributed by atoms with Gasteiger partial charge in [0.25, 0.3) is 5.91 Å². The Balaban J connectivity index is 1.82. The quantitative estimate of drug-likeness (QED) is 0.602. The van der Waals surface area contributed by atoms with Crippen LogP contribution >= 0.6 is 11.6 Å². The molecule has 2 aliphatic heterocycles. The number of nitrogens with one attached hydrogen (secondary N) is 2. The number of carbonyl (C=O) groups excluding carboxylic acids is 1. The SMILES string of the molecule is CC1=N/C(=C2\CN(C(=O)c3ccc(F)cc3OCC(O)C(F)(F)F)CC2=N)NC=C1Cl. The third-order valence-electron chi connectivity index (χ3n) is 4.54. The van der Waals surface area contributed by atoms with Crippen molar-refractivity contribution < 1.29 is 32.2 Å². The highest BCUT2D eigenvalue weighted by Gasteiger charge is 2.39. The molecule has 1 atom stereocenters. The van der Waals surface area contributed by atoms with Gasteiger partial charge in [0, 0.05) is 17.8 Å². The van der Waals surface area contributed by atoms with Crippen LogP contribution in [0.15, 0.2) is 45.8 Å². The summed E-state index contributed by atoms with van der Waals surface area (Å²) in [6, 6.07) is 2.80. The van der Waals surface area contributed by atoms with Crippen LogP contribution in [0.1, 0.15) is 17.3 Å². The van der Waals surface area contributed by atoms with E-state index in [9.17, 15) is 22.4 Å². The van der Waals surface area contributed by atoms with E-state index in [2.05, 4.69) is 10.3 Å². The molecule has 0 spiro atoms. The fraction of sp³-hybridized carbons (Fsp3) is 0.316. The lowest BCUT2D eigenvalue weighted by molar-refractivity contribution is -0.210. The van der Waals surface area contributed by atoms with Gasteiger partial charge in [-0.15, -0.1) is 0 Å². The van der Waals surface area contributed by atoms with E-state index >= 15 is 0 Å². The van der Waals surface area contributed by atoms with Gasteiger partial charge in [-0.1, -0.05) is 11.6 Å². The Hall–Kier alpha value is -2.92. The van der Waals surface area contributed by atoms with Crippen molar-refractivity contribution in [2.75, 3.05) is 19.7 Å². The first-order valence-corrected chi connectivity index (χ1v) is 9.30. The molecule has 1 aromatic rings. The van der Waals surface area contributed by atoms with E-state index in [1.165, 1.54) is 11.1 Å². The van der Waals surface area contributed by atoms with Crippen molar-refractivity contribution in [2.45, 2.75) is 19.2 Å². The van der Waals surface area contributed by atoms with Crippen LogP contribution in [0.3, 0.4) is 0 Å². The molecule has 1 saturated heterocycles. The molecule has 12 heteroatoms. The van der Waals surface area contributed by atoms with Gasteiger partial charge in [-0.3, -0.25) is 4.79 Å². The molecule has 2 aliphatic rings. The van der Waals surface area contributed by atoms with Gasteiger partial charge in [-0.25, -0.2) is 9.38 Å². The number of amides is 1. The maximum Gasteiger partial charge on any atom is 0.417 e. The monoisotopic (exact) mass is 460 g/mol.